The van der Waals surface area contributed by atoms with Gasteiger partial charge >= 0.3 is 0 Å². The lowest BCUT2D eigenvalue weighted by Gasteiger charge is -2.03. The van der Waals surface area contributed by atoms with Gasteiger partial charge in [0.1, 0.15) is 5.82 Å². The van der Waals surface area contributed by atoms with Crippen molar-refractivity contribution in [1.29, 1.82) is 0 Å². The van der Waals surface area contributed by atoms with Gasteiger partial charge in [0.15, 0.2) is 0 Å². The number of nitrogens with one attached hydrogen (secondary N) is 1. The molecule has 1 N–H and O–H groups in total. The summed E-state index contributed by atoms with van der Waals surface area (Å²) in [5, 5.41) is 2.84. The molecular formula is C11H11N5O2S. The molecule has 7 nitrogen and oxygen atoms in total. The maximum absolute atomic E-state index is 11.8. The molecule has 1 atom stereocenters. The van der Waals surface area contributed by atoms with Gasteiger partial charge in [-0.2, -0.15) is 0 Å². The van der Waals surface area contributed by atoms with Crippen LogP contribution in [0, 0.1) is 0 Å². The van der Waals surface area contributed by atoms with Crippen LogP contribution in [0.3, 0.4) is 0 Å². The van der Waals surface area contributed by atoms with E-state index in [2.05, 4.69) is 25.3 Å². The topological polar surface area (TPSA) is 97.7 Å². The standard InChI is InChI=1S/C11H11N5O2S/c1-19(18)11-15-5-8(6-16-11)10(17)14-7-9-12-3-2-4-13-9/h2-6H,7H2,1H3,(H,14,17). The molecule has 0 saturated carbocycles. The number of hydrogen-bond acceptors (Lipinski definition) is 6. The zero-order valence-corrected chi connectivity index (χ0v) is 10.9. The first kappa shape index (κ1) is 13.2. The molecule has 98 valence electrons. The summed E-state index contributed by atoms with van der Waals surface area (Å²) in [6.45, 7) is 0.223. The van der Waals surface area contributed by atoms with Crippen LogP contribution in [0.2, 0.25) is 0 Å². The molecular weight excluding hydrogens is 266 g/mol. The second-order valence-electron chi connectivity index (χ2n) is 3.56. The Kier molecular flexibility index (Phi) is 4.24. The SMILES string of the molecule is CS(=O)c1ncc(C(=O)NCc2ncccn2)cn1. The van der Waals surface area contributed by atoms with Crippen molar-refractivity contribution in [3.8, 4) is 0 Å². The average Bonchev–Trinajstić information content (AvgIpc) is 2.46. The maximum Gasteiger partial charge on any atom is 0.254 e. The van der Waals surface area contributed by atoms with Gasteiger partial charge in [0, 0.05) is 31.0 Å². The molecule has 2 aromatic rings. The largest absolute Gasteiger partial charge is 0.345 e. The molecule has 8 heteroatoms. The van der Waals surface area contributed by atoms with E-state index < -0.39 is 10.8 Å². The van der Waals surface area contributed by atoms with Gasteiger partial charge in [-0.25, -0.2) is 19.9 Å². The van der Waals surface area contributed by atoms with Gasteiger partial charge in [0.2, 0.25) is 5.16 Å². The molecule has 0 radical (unpaired) electrons. The van der Waals surface area contributed by atoms with E-state index in [-0.39, 0.29) is 17.6 Å². The Hall–Kier alpha value is -2.22. The van der Waals surface area contributed by atoms with Crippen molar-refractivity contribution in [3.63, 3.8) is 0 Å². The number of rotatable bonds is 4. The van der Waals surface area contributed by atoms with E-state index >= 15 is 0 Å². The number of carbonyl (C=O) groups is 1. The summed E-state index contributed by atoms with van der Waals surface area (Å²) < 4.78 is 11.1. The fourth-order valence-electron chi connectivity index (χ4n) is 1.26. The van der Waals surface area contributed by atoms with E-state index in [9.17, 15) is 9.00 Å². The minimum absolute atomic E-state index is 0.197. The Balaban J connectivity index is 1.98. The zero-order valence-electron chi connectivity index (χ0n) is 10.1. The summed E-state index contributed by atoms with van der Waals surface area (Å²) >= 11 is 0. The molecule has 0 spiro atoms. The van der Waals surface area contributed by atoms with Crippen LogP contribution in [-0.2, 0) is 17.3 Å². The van der Waals surface area contributed by atoms with E-state index in [0.29, 0.717) is 11.4 Å². The smallest absolute Gasteiger partial charge is 0.254 e. The van der Waals surface area contributed by atoms with Crippen molar-refractivity contribution >= 4 is 16.7 Å². The minimum Gasteiger partial charge on any atom is -0.345 e. The van der Waals surface area contributed by atoms with Gasteiger partial charge in [0.25, 0.3) is 5.91 Å². The zero-order chi connectivity index (χ0) is 13.7. The molecule has 0 aliphatic carbocycles. The van der Waals surface area contributed by atoms with Crippen molar-refractivity contribution in [2.75, 3.05) is 6.26 Å². The third-order valence-corrected chi connectivity index (χ3v) is 2.90. The molecule has 2 heterocycles. The number of nitrogens with zero attached hydrogens (tertiary/aromatic N) is 4. The number of hydrogen-bond donors (Lipinski definition) is 1. The van der Waals surface area contributed by atoms with Crippen LogP contribution in [0.25, 0.3) is 0 Å². The van der Waals surface area contributed by atoms with Gasteiger partial charge in [-0.05, 0) is 6.07 Å². The first-order valence-corrected chi connectivity index (χ1v) is 6.92. The van der Waals surface area contributed by atoms with E-state index in [1.165, 1.54) is 18.6 Å². The molecule has 0 aliphatic heterocycles. The van der Waals surface area contributed by atoms with Crippen molar-refractivity contribution in [1.82, 2.24) is 25.3 Å². The molecule has 1 unspecified atom stereocenters. The summed E-state index contributed by atoms with van der Waals surface area (Å²) in [6.07, 6.45) is 7.35. The summed E-state index contributed by atoms with van der Waals surface area (Å²) in [5.41, 5.74) is 0.296. The third-order valence-electron chi connectivity index (χ3n) is 2.17. The maximum atomic E-state index is 11.8. The van der Waals surface area contributed by atoms with Gasteiger partial charge in [-0.3, -0.25) is 9.00 Å². The Bertz CT molecular complexity index is 588. The van der Waals surface area contributed by atoms with Crippen LogP contribution < -0.4 is 5.32 Å². The van der Waals surface area contributed by atoms with Crippen LogP contribution in [0.1, 0.15) is 16.2 Å². The summed E-state index contributed by atoms with van der Waals surface area (Å²) in [4.78, 5) is 27.4. The Morgan fingerprint density at radius 2 is 1.84 bits per heavy atom. The van der Waals surface area contributed by atoms with E-state index in [1.807, 2.05) is 0 Å². The minimum atomic E-state index is -1.26. The molecule has 0 saturated heterocycles. The fourth-order valence-corrected chi connectivity index (χ4v) is 1.67. The molecule has 2 aromatic heterocycles. The lowest BCUT2D eigenvalue weighted by molar-refractivity contribution is 0.0949. The van der Waals surface area contributed by atoms with E-state index in [4.69, 9.17) is 0 Å². The first-order valence-electron chi connectivity index (χ1n) is 5.36. The van der Waals surface area contributed by atoms with Gasteiger partial charge < -0.3 is 5.32 Å². The van der Waals surface area contributed by atoms with Crippen LogP contribution in [0.15, 0.2) is 36.0 Å². The fraction of sp³-hybridized carbons (Fsp3) is 0.182. The van der Waals surface area contributed by atoms with Gasteiger partial charge in [0.05, 0.1) is 22.9 Å². The highest BCUT2D eigenvalue weighted by atomic mass is 32.2. The number of carbonyl (C=O) groups excluding carboxylic acids is 1. The lowest BCUT2D eigenvalue weighted by Crippen LogP contribution is -2.24. The summed E-state index contributed by atoms with van der Waals surface area (Å²) in [5.74, 6) is 0.184. The van der Waals surface area contributed by atoms with E-state index in [0.717, 1.165) is 0 Å². The molecule has 0 bridgehead atoms. The second kappa shape index (κ2) is 6.10. The summed E-state index contributed by atoms with van der Waals surface area (Å²) in [6, 6.07) is 1.70. The normalized spacial score (nSPS) is 11.8. The first-order chi connectivity index (χ1) is 9.16. The van der Waals surface area contributed by atoms with Crippen molar-refractivity contribution in [2.45, 2.75) is 11.7 Å². The Morgan fingerprint density at radius 1 is 1.21 bits per heavy atom. The predicted molar refractivity (Wildman–Crippen MR) is 67.6 cm³/mol. The Morgan fingerprint density at radius 3 is 2.42 bits per heavy atom. The van der Waals surface area contributed by atoms with Crippen molar-refractivity contribution in [2.24, 2.45) is 0 Å². The van der Waals surface area contributed by atoms with Crippen LogP contribution >= 0.6 is 0 Å². The molecule has 19 heavy (non-hydrogen) atoms. The van der Waals surface area contributed by atoms with Crippen molar-refractivity contribution in [3.05, 3.63) is 42.2 Å². The number of amides is 1. The molecule has 2 rings (SSSR count). The van der Waals surface area contributed by atoms with Crippen LogP contribution in [-0.4, -0.2) is 36.3 Å². The van der Waals surface area contributed by atoms with Crippen LogP contribution in [0.5, 0.6) is 0 Å². The van der Waals surface area contributed by atoms with Gasteiger partial charge in [-0.15, -0.1) is 0 Å². The monoisotopic (exact) mass is 277 g/mol. The average molecular weight is 277 g/mol. The third kappa shape index (κ3) is 3.62. The molecule has 0 fully saturated rings. The summed E-state index contributed by atoms with van der Waals surface area (Å²) in [7, 11) is -1.26. The lowest BCUT2D eigenvalue weighted by atomic mass is 10.3. The molecule has 1 amide bonds. The van der Waals surface area contributed by atoms with E-state index in [1.54, 1.807) is 18.5 Å². The molecule has 0 aromatic carbocycles. The van der Waals surface area contributed by atoms with Crippen LogP contribution in [0.4, 0.5) is 0 Å². The Labute approximate surface area is 112 Å². The molecule has 0 aliphatic rings. The second-order valence-corrected chi connectivity index (χ2v) is 4.83. The highest BCUT2D eigenvalue weighted by Crippen LogP contribution is 1.99. The number of aromatic nitrogens is 4. The predicted octanol–water partition coefficient (Wildman–Crippen LogP) is -0.0660. The quantitative estimate of drug-likeness (QED) is 0.786. The highest BCUT2D eigenvalue weighted by Gasteiger charge is 2.08. The van der Waals surface area contributed by atoms with Crippen molar-refractivity contribution < 1.29 is 9.00 Å². The highest BCUT2D eigenvalue weighted by molar-refractivity contribution is 7.84. The van der Waals surface area contributed by atoms with Gasteiger partial charge in [-0.1, -0.05) is 0 Å².